The van der Waals surface area contributed by atoms with E-state index in [9.17, 15) is 0 Å². The quantitative estimate of drug-likeness (QED) is 0.726. The highest BCUT2D eigenvalue weighted by Gasteiger charge is 2.10. The first kappa shape index (κ1) is 15.4. The topological polar surface area (TPSA) is 42.2 Å². The van der Waals surface area contributed by atoms with Gasteiger partial charge in [-0.3, -0.25) is 0 Å². The van der Waals surface area contributed by atoms with Crippen molar-refractivity contribution in [1.29, 1.82) is 5.26 Å². The maximum absolute atomic E-state index is 9.02. The molecule has 0 N–H and O–H groups in total. The minimum absolute atomic E-state index is 0.467. The van der Waals surface area contributed by atoms with E-state index in [1.807, 2.05) is 39.0 Å². The molecule has 0 aromatic heterocycles. The van der Waals surface area contributed by atoms with Crippen LogP contribution < -0.4 is 9.47 Å². The van der Waals surface area contributed by atoms with Crippen LogP contribution in [0.15, 0.2) is 23.8 Å². The van der Waals surface area contributed by atoms with Crippen molar-refractivity contribution in [1.82, 2.24) is 0 Å². The van der Waals surface area contributed by atoms with Gasteiger partial charge in [0, 0.05) is 5.57 Å². The van der Waals surface area contributed by atoms with Gasteiger partial charge in [-0.25, -0.2) is 0 Å². The molecule has 0 saturated carbocycles. The molecule has 0 aliphatic carbocycles. The van der Waals surface area contributed by atoms with Gasteiger partial charge in [-0.15, -0.1) is 0 Å². The van der Waals surface area contributed by atoms with E-state index in [1.165, 1.54) is 0 Å². The highest BCUT2D eigenvalue weighted by Crippen LogP contribution is 2.33. The summed E-state index contributed by atoms with van der Waals surface area (Å²) in [7, 11) is 0. The summed E-state index contributed by atoms with van der Waals surface area (Å²) in [5.41, 5.74) is 1.33. The molecular formula is C15H18ClNO2. The Morgan fingerprint density at radius 2 is 1.79 bits per heavy atom. The molecule has 1 aromatic carbocycles. The standard InChI is InChI=1S/C15H18ClNO2/c1-4-11(10-17)15(16)12-7-8-13(18-5-2)14(9-12)19-6-3/h7-9H,4-6H2,1-3H3. The van der Waals surface area contributed by atoms with Gasteiger partial charge in [0.25, 0.3) is 0 Å². The molecule has 3 nitrogen and oxygen atoms in total. The van der Waals surface area contributed by atoms with Crippen LogP contribution in [0.1, 0.15) is 32.8 Å². The molecule has 1 aromatic rings. The van der Waals surface area contributed by atoms with Gasteiger partial charge in [-0.2, -0.15) is 5.26 Å². The molecule has 0 bridgehead atoms. The zero-order chi connectivity index (χ0) is 14.3. The van der Waals surface area contributed by atoms with Gasteiger partial charge in [-0.05, 0) is 44.0 Å². The molecule has 4 heteroatoms. The number of nitriles is 1. The van der Waals surface area contributed by atoms with Crippen LogP contribution in [0.5, 0.6) is 11.5 Å². The Kier molecular flexibility index (Phi) is 6.24. The summed E-state index contributed by atoms with van der Waals surface area (Å²) in [6.07, 6.45) is 0.604. The third kappa shape index (κ3) is 3.90. The van der Waals surface area contributed by atoms with E-state index in [2.05, 4.69) is 6.07 Å². The lowest BCUT2D eigenvalue weighted by atomic mass is 10.1. The minimum Gasteiger partial charge on any atom is -0.490 e. The number of nitrogens with zero attached hydrogens (tertiary/aromatic N) is 1. The van der Waals surface area contributed by atoms with Gasteiger partial charge >= 0.3 is 0 Å². The lowest BCUT2D eigenvalue weighted by molar-refractivity contribution is 0.287. The van der Waals surface area contributed by atoms with Crippen molar-refractivity contribution in [3.05, 3.63) is 29.3 Å². The molecule has 0 fully saturated rings. The molecule has 0 heterocycles. The first-order chi connectivity index (χ1) is 9.17. The van der Waals surface area contributed by atoms with E-state index in [-0.39, 0.29) is 0 Å². The molecule has 0 amide bonds. The van der Waals surface area contributed by atoms with Crippen LogP contribution in [0, 0.1) is 11.3 Å². The molecule has 102 valence electrons. The van der Waals surface area contributed by atoms with Crippen LogP contribution in [-0.2, 0) is 0 Å². The zero-order valence-electron chi connectivity index (χ0n) is 11.5. The van der Waals surface area contributed by atoms with Gasteiger partial charge < -0.3 is 9.47 Å². The number of hydrogen-bond donors (Lipinski definition) is 0. The second-order valence-electron chi connectivity index (χ2n) is 3.79. The molecule has 0 radical (unpaired) electrons. The SMILES string of the molecule is CCOc1ccc(C(Cl)=C(C#N)CC)cc1OCC. The van der Waals surface area contributed by atoms with Crippen LogP contribution >= 0.6 is 11.6 Å². The third-order valence-electron chi connectivity index (χ3n) is 2.55. The maximum Gasteiger partial charge on any atom is 0.161 e. The van der Waals surface area contributed by atoms with Gasteiger partial charge in [0.05, 0.1) is 24.3 Å². The van der Waals surface area contributed by atoms with E-state index < -0.39 is 0 Å². The number of rotatable bonds is 6. The van der Waals surface area contributed by atoms with Gasteiger partial charge in [0.2, 0.25) is 0 Å². The summed E-state index contributed by atoms with van der Waals surface area (Å²) in [6.45, 7) is 6.85. The summed E-state index contributed by atoms with van der Waals surface area (Å²) in [4.78, 5) is 0. The summed E-state index contributed by atoms with van der Waals surface area (Å²) in [6, 6.07) is 7.58. The second kappa shape index (κ2) is 7.70. The Morgan fingerprint density at radius 1 is 1.16 bits per heavy atom. The van der Waals surface area contributed by atoms with Crippen LogP contribution in [-0.4, -0.2) is 13.2 Å². The van der Waals surface area contributed by atoms with E-state index in [4.69, 9.17) is 26.3 Å². The third-order valence-corrected chi connectivity index (χ3v) is 3.00. The average Bonchev–Trinajstić information content (AvgIpc) is 2.42. The molecule has 0 atom stereocenters. The van der Waals surface area contributed by atoms with Gasteiger partial charge in [-0.1, -0.05) is 18.5 Å². The Labute approximate surface area is 119 Å². The predicted octanol–water partition coefficient (Wildman–Crippen LogP) is 4.37. The van der Waals surface area contributed by atoms with Crippen LogP contribution in [0.2, 0.25) is 0 Å². The molecule has 19 heavy (non-hydrogen) atoms. The van der Waals surface area contributed by atoms with Crippen molar-refractivity contribution in [3.63, 3.8) is 0 Å². The normalized spacial score (nSPS) is 11.5. The Hall–Kier alpha value is -1.66. The number of hydrogen-bond acceptors (Lipinski definition) is 3. The van der Waals surface area contributed by atoms with E-state index >= 15 is 0 Å². The molecule has 1 rings (SSSR count). The fourth-order valence-electron chi connectivity index (χ4n) is 1.65. The molecule has 0 unspecified atom stereocenters. The number of halogens is 1. The largest absolute Gasteiger partial charge is 0.490 e. The van der Waals surface area contributed by atoms with Crippen molar-refractivity contribution in [3.8, 4) is 17.6 Å². The van der Waals surface area contributed by atoms with Gasteiger partial charge in [0.1, 0.15) is 0 Å². The fraction of sp³-hybridized carbons (Fsp3) is 0.400. The zero-order valence-corrected chi connectivity index (χ0v) is 12.3. The van der Waals surface area contributed by atoms with E-state index in [1.54, 1.807) is 0 Å². The Balaban J connectivity index is 3.22. The monoisotopic (exact) mass is 279 g/mol. The lowest BCUT2D eigenvalue weighted by Crippen LogP contribution is -1.99. The Morgan fingerprint density at radius 3 is 2.32 bits per heavy atom. The smallest absolute Gasteiger partial charge is 0.161 e. The highest BCUT2D eigenvalue weighted by molar-refractivity contribution is 6.49. The predicted molar refractivity (Wildman–Crippen MR) is 77.5 cm³/mol. The fourth-order valence-corrected chi connectivity index (χ4v) is 1.94. The molecule has 0 spiro atoms. The first-order valence-electron chi connectivity index (χ1n) is 6.36. The number of benzene rings is 1. The summed E-state index contributed by atoms with van der Waals surface area (Å²) >= 11 is 6.23. The molecule has 0 saturated heterocycles. The maximum atomic E-state index is 9.02. The van der Waals surface area contributed by atoms with Gasteiger partial charge in [0.15, 0.2) is 11.5 Å². The first-order valence-corrected chi connectivity index (χ1v) is 6.74. The molecule has 0 aliphatic rings. The summed E-state index contributed by atoms with van der Waals surface area (Å²) in [5.74, 6) is 1.33. The lowest BCUT2D eigenvalue weighted by Gasteiger charge is -2.12. The Bertz CT molecular complexity index is 503. The van der Waals surface area contributed by atoms with E-state index in [0.717, 1.165) is 5.56 Å². The number of ether oxygens (including phenoxy) is 2. The molecule has 0 aliphatic heterocycles. The molecular weight excluding hydrogens is 262 g/mol. The summed E-state index contributed by atoms with van der Waals surface area (Å²) < 4.78 is 11.0. The van der Waals surface area contributed by atoms with Crippen molar-refractivity contribution in [2.75, 3.05) is 13.2 Å². The van der Waals surface area contributed by atoms with Crippen LogP contribution in [0.25, 0.3) is 5.03 Å². The average molecular weight is 280 g/mol. The van der Waals surface area contributed by atoms with Crippen molar-refractivity contribution in [2.24, 2.45) is 0 Å². The second-order valence-corrected chi connectivity index (χ2v) is 4.16. The highest BCUT2D eigenvalue weighted by atomic mass is 35.5. The van der Waals surface area contributed by atoms with Crippen molar-refractivity contribution in [2.45, 2.75) is 27.2 Å². The van der Waals surface area contributed by atoms with Crippen LogP contribution in [0.3, 0.4) is 0 Å². The van der Waals surface area contributed by atoms with Crippen molar-refractivity contribution >= 4 is 16.6 Å². The van der Waals surface area contributed by atoms with Crippen molar-refractivity contribution < 1.29 is 9.47 Å². The summed E-state index contributed by atoms with van der Waals surface area (Å²) in [5, 5.41) is 9.49. The van der Waals surface area contributed by atoms with Crippen LogP contribution in [0.4, 0.5) is 0 Å². The van der Waals surface area contributed by atoms with E-state index in [0.29, 0.717) is 41.7 Å². The minimum atomic E-state index is 0.467. The number of allylic oxidation sites excluding steroid dienone is 1.